The van der Waals surface area contributed by atoms with E-state index < -0.39 is 10.7 Å². The van der Waals surface area contributed by atoms with Gasteiger partial charge in [-0.15, -0.1) is 0 Å². The molecular formula is C17H13FN2O5. The van der Waals surface area contributed by atoms with Gasteiger partial charge in [-0.3, -0.25) is 10.1 Å². The van der Waals surface area contributed by atoms with E-state index in [0.29, 0.717) is 17.3 Å². The summed E-state index contributed by atoms with van der Waals surface area (Å²) in [6.07, 6.45) is 1.38. The van der Waals surface area contributed by atoms with Crippen LogP contribution in [0.2, 0.25) is 0 Å². The third-order valence-electron chi connectivity index (χ3n) is 3.38. The van der Waals surface area contributed by atoms with Crippen molar-refractivity contribution in [2.24, 2.45) is 0 Å². The molecule has 2 aromatic carbocycles. The van der Waals surface area contributed by atoms with Gasteiger partial charge in [0.2, 0.25) is 5.89 Å². The SMILES string of the molecule is COc1ccc(-c2nc(COc3cc(F)ccc3[N+](=O)[O-])co2)cc1. The predicted molar refractivity (Wildman–Crippen MR) is 85.9 cm³/mol. The van der Waals surface area contributed by atoms with Gasteiger partial charge in [-0.1, -0.05) is 0 Å². The highest BCUT2D eigenvalue weighted by Crippen LogP contribution is 2.28. The highest BCUT2D eigenvalue weighted by molar-refractivity contribution is 5.54. The van der Waals surface area contributed by atoms with Crippen LogP contribution in [-0.2, 0) is 6.61 Å². The Morgan fingerprint density at radius 2 is 2.00 bits per heavy atom. The highest BCUT2D eigenvalue weighted by atomic mass is 19.1. The second-order valence-electron chi connectivity index (χ2n) is 5.03. The molecule has 0 spiro atoms. The quantitative estimate of drug-likeness (QED) is 0.496. The van der Waals surface area contributed by atoms with E-state index in [4.69, 9.17) is 13.9 Å². The van der Waals surface area contributed by atoms with E-state index in [1.165, 1.54) is 6.26 Å². The van der Waals surface area contributed by atoms with E-state index in [1.807, 2.05) is 0 Å². The predicted octanol–water partition coefficient (Wildman–Crippen LogP) is 3.98. The van der Waals surface area contributed by atoms with Crippen LogP contribution < -0.4 is 9.47 Å². The summed E-state index contributed by atoms with van der Waals surface area (Å²) in [4.78, 5) is 14.6. The molecule has 0 saturated heterocycles. The summed E-state index contributed by atoms with van der Waals surface area (Å²) in [7, 11) is 1.57. The number of halogens is 1. The van der Waals surface area contributed by atoms with Crippen molar-refractivity contribution in [3.05, 3.63) is 70.4 Å². The van der Waals surface area contributed by atoms with E-state index in [-0.39, 0.29) is 18.0 Å². The summed E-state index contributed by atoms with van der Waals surface area (Å²) in [6.45, 7) is -0.0933. The lowest BCUT2D eigenvalue weighted by atomic mass is 10.2. The lowest BCUT2D eigenvalue weighted by molar-refractivity contribution is -0.386. The minimum Gasteiger partial charge on any atom is -0.497 e. The number of hydrogen-bond acceptors (Lipinski definition) is 6. The zero-order valence-corrected chi connectivity index (χ0v) is 13.1. The summed E-state index contributed by atoms with van der Waals surface area (Å²) in [6, 6.07) is 10.1. The van der Waals surface area contributed by atoms with Crippen molar-refractivity contribution < 1.29 is 23.2 Å². The van der Waals surface area contributed by atoms with Crippen LogP contribution >= 0.6 is 0 Å². The molecule has 1 heterocycles. The van der Waals surface area contributed by atoms with E-state index in [1.54, 1.807) is 31.4 Å². The summed E-state index contributed by atoms with van der Waals surface area (Å²) < 4.78 is 29.1. The fraction of sp³-hybridized carbons (Fsp3) is 0.118. The smallest absolute Gasteiger partial charge is 0.311 e. The zero-order valence-electron chi connectivity index (χ0n) is 13.1. The Balaban J connectivity index is 1.74. The van der Waals surface area contributed by atoms with E-state index in [0.717, 1.165) is 23.8 Å². The largest absolute Gasteiger partial charge is 0.497 e. The van der Waals surface area contributed by atoms with E-state index in [9.17, 15) is 14.5 Å². The van der Waals surface area contributed by atoms with Crippen LogP contribution in [0.5, 0.6) is 11.5 Å². The average Bonchev–Trinajstić information content (AvgIpc) is 3.09. The van der Waals surface area contributed by atoms with Gasteiger partial charge >= 0.3 is 5.69 Å². The lowest BCUT2D eigenvalue weighted by Crippen LogP contribution is -2.00. The number of nitro groups is 1. The van der Waals surface area contributed by atoms with Crippen LogP contribution in [0, 0.1) is 15.9 Å². The third kappa shape index (κ3) is 3.74. The van der Waals surface area contributed by atoms with Crippen molar-refractivity contribution >= 4 is 5.69 Å². The molecule has 0 unspecified atom stereocenters. The second kappa shape index (κ2) is 7.00. The number of nitrogens with zero attached hydrogens (tertiary/aromatic N) is 2. The molecule has 3 aromatic rings. The van der Waals surface area contributed by atoms with Gasteiger partial charge < -0.3 is 13.9 Å². The molecular weight excluding hydrogens is 331 g/mol. The number of oxazole rings is 1. The van der Waals surface area contributed by atoms with Gasteiger partial charge in [0.15, 0.2) is 5.75 Å². The molecule has 0 aliphatic carbocycles. The summed E-state index contributed by atoms with van der Waals surface area (Å²) in [5.74, 6) is 0.283. The van der Waals surface area contributed by atoms with Gasteiger partial charge in [-0.2, -0.15) is 0 Å². The Morgan fingerprint density at radius 3 is 2.68 bits per heavy atom. The highest BCUT2D eigenvalue weighted by Gasteiger charge is 2.17. The maximum absolute atomic E-state index is 13.3. The summed E-state index contributed by atoms with van der Waals surface area (Å²) in [5, 5.41) is 10.9. The third-order valence-corrected chi connectivity index (χ3v) is 3.38. The second-order valence-corrected chi connectivity index (χ2v) is 5.03. The number of ether oxygens (including phenoxy) is 2. The first-order valence-electron chi connectivity index (χ1n) is 7.22. The van der Waals surface area contributed by atoms with Gasteiger partial charge in [0.05, 0.1) is 12.0 Å². The maximum Gasteiger partial charge on any atom is 0.311 e. The maximum atomic E-state index is 13.3. The van der Waals surface area contributed by atoms with Gasteiger partial charge in [0, 0.05) is 17.7 Å². The normalized spacial score (nSPS) is 10.5. The Kier molecular flexibility index (Phi) is 4.60. The summed E-state index contributed by atoms with van der Waals surface area (Å²) >= 11 is 0. The average molecular weight is 344 g/mol. The van der Waals surface area contributed by atoms with Crippen LogP contribution in [0.3, 0.4) is 0 Å². The van der Waals surface area contributed by atoms with Gasteiger partial charge in [0.1, 0.15) is 30.1 Å². The van der Waals surface area contributed by atoms with Crippen LogP contribution in [0.1, 0.15) is 5.69 Å². The molecule has 1 aromatic heterocycles. The first kappa shape index (κ1) is 16.4. The standard InChI is InChI=1S/C17H13FN2O5/c1-23-14-5-2-11(3-6-14)17-19-13(10-25-17)9-24-16-8-12(18)4-7-15(16)20(21)22/h2-8,10H,9H2,1H3. The van der Waals surface area contributed by atoms with E-state index in [2.05, 4.69) is 4.98 Å². The number of rotatable bonds is 6. The zero-order chi connectivity index (χ0) is 17.8. The van der Waals surface area contributed by atoms with Crippen LogP contribution in [0.4, 0.5) is 10.1 Å². The van der Waals surface area contributed by atoms with Crippen LogP contribution in [-0.4, -0.2) is 17.0 Å². The topological polar surface area (TPSA) is 87.6 Å². The van der Waals surface area contributed by atoms with Gasteiger partial charge in [-0.05, 0) is 30.3 Å². The van der Waals surface area contributed by atoms with Gasteiger partial charge in [-0.25, -0.2) is 9.37 Å². The minimum atomic E-state index is -0.639. The minimum absolute atomic E-state index is 0.0933. The molecule has 0 saturated carbocycles. The lowest BCUT2D eigenvalue weighted by Gasteiger charge is -2.04. The molecule has 128 valence electrons. The molecule has 0 amide bonds. The number of aromatic nitrogens is 1. The van der Waals surface area contributed by atoms with Crippen molar-refractivity contribution in [2.45, 2.75) is 6.61 Å². The van der Waals surface area contributed by atoms with Crippen molar-refractivity contribution in [1.29, 1.82) is 0 Å². The fourth-order valence-corrected chi connectivity index (χ4v) is 2.15. The molecule has 0 N–H and O–H groups in total. The molecule has 0 bridgehead atoms. The number of hydrogen-bond donors (Lipinski definition) is 0. The Labute approximate surface area is 141 Å². The number of methoxy groups -OCH3 is 1. The molecule has 7 nitrogen and oxygen atoms in total. The summed E-state index contributed by atoms with van der Waals surface area (Å²) in [5.41, 5.74) is 0.841. The van der Waals surface area contributed by atoms with E-state index >= 15 is 0 Å². The van der Waals surface area contributed by atoms with Crippen molar-refractivity contribution in [1.82, 2.24) is 4.98 Å². The Hall–Kier alpha value is -3.42. The fourth-order valence-electron chi connectivity index (χ4n) is 2.15. The number of nitro benzene ring substituents is 1. The molecule has 0 atom stereocenters. The molecule has 8 heteroatoms. The van der Waals surface area contributed by atoms with Crippen LogP contribution in [0.15, 0.2) is 53.1 Å². The molecule has 0 aliphatic rings. The Bertz CT molecular complexity index is 892. The molecule has 0 aliphatic heterocycles. The van der Waals surface area contributed by atoms with Gasteiger partial charge in [0.25, 0.3) is 0 Å². The monoisotopic (exact) mass is 344 g/mol. The van der Waals surface area contributed by atoms with Crippen molar-refractivity contribution in [3.8, 4) is 23.0 Å². The Morgan fingerprint density at radius 1 is 1.24 bits per heavy atom. The molecule has 0 radical (unpaired) electrons. The number of benzene rings is 2. The molecule has 0 fully saturated rings. The van der Waals surface area contributed by atoms with Crippen LogP contribution in [0.25, 0.3) is 11.5 Å². The van der Waals surface area contributed by atoms with Crippen molar-refractivity contribution in [3.63, 3.8) is 0 Å². The first-order valence-corrected chi connectivity index (χ1v) is 7.22. The molecule has 25 heavy (non-hydrogen) atoms. The molecule has 3 rings (SSSR count). The van der Waals surface area contributed by atoms with Crippen molar-refractivity contribution in [2.75, 3.05) is 7.11 Å². The first-order chi connectivity index (χ1) is 12.1.